The number of benzene rings is 1. The minimum atomic E-state index is -0.469. The van der Waals surface area contributed by atoms with E-state index in [-0.39, 0.29) is 12.1 Å². The maximum atomic E-state index is 12.2. The first kappa shape index (κ1) is 17.4. The minimum Gasteiger partial charge on any atom is -0.444 e. The second-order valence-corrected chi connectivity index (χ2v) is 7.89. The Kier molecular flexibility index (Phi) is 5.28. The van der Waals surface area contributed by atoms with E-state index < -0.39 is 5.60 Å². The van der Waals surface area contributed by atoms with E-state index >= 15 is 0 Å². The van der Waals surface area contributed by atoms with Gasteiger partial charge in [-0.05, 0) is 45.9 Å². The van der Waals surface area contributed by atoms with Crippen molar-refractivity contribution in [3.8, 4) is 0 Å². The molecule has 1 aromatic rings. The molecule has 1 atom stereocenters. The number of rotatable bonds is 1. The predicted molar refractivity (Wildman–Crippen MR) is 93.8 cm³/mol. The standard InChI is InChI=1S/C16H22BrClN2O2/c1-11-10-19(14-6-5-12(17)9-13(14)18)7-8-20(11)15(21)22-16(2,3)4/h5-6,9,11H,7-8,10H2,1-4H3/t11-/m0/s1. The van der Waals surface area contributed by atoms with Crippen LogP contribution in [0.2, 0.25) is 5.02 Å². The van der Waals surface area contributed by atoms with E-state index in [1.54, 1.807) is 4.90 Å². The molecule has 1 saturated heterocycles. The smallest absolute Gasteiger partial charge is 0.410 e. The Bertz CT molecular complexity index is 560. The average molecular weight is 390 g/mol. The zero-order valence-corrected chi connectivity index (χ0v) is 15.7. The highest BCUT2D eigenvalue weighted by Gasteiger charge is 2.31. The van der Waals surface area contributed by atoms with Crippen LogP contribution >= 0.6 is 27.5 Å². The maximum Gasteiger partial charge on any atom is 0.410 e. The quantitative estimate of drug-likeness (QED) is 0.706. The first-order chi connectivity index (χ1) is 10.2. The van der Waals surface area contributed by atoms with Crippen LogP contribution in [-0.4, -0.2) is 42.3 Å². The van der Waals surface area contributed by atoms with Crippen LogP contribution in [0.4, 0.5) is 10.5 Å². The number of piperazine rings is 1. The molecule has 1 aromatic carbocycles. The highest BCUT2D eigenvalue weighted by atomic mass is 79.9. The third-order valence-corrected chi connectivity index (χ3v) is 4.30. The Labute approximate surface area is 145 Å². The van der Waals surface area contributed by atoms with Crippen LogP contribution in [0, 0.1) is 0 Å². The van der Waals surface area contributed by atoms with Crippen molar-refractivity contribution in [2.24, 2.45) is 0 Å². The molecule has 0 saturated carbocycles. The molecule has 2 rings (SSSR count). The van der Waals surface area contributed by atoms with Gasteiger partial charge >= 0.3 is 6.09 Å². The summed E-state index contributed by atoms with van der Waals surface area (Å²) in [6.07, 6.45) is -0.249. The summed E-state index contributed by atoms with van der Waals surface area (Å²) in [7, 11) is 0. The molecular weight excluding hydrogens is 368 g/mol. The van der Waals surface area contributed by atoms with Gasteiger partial charge in [-0.15, -0.1) is 0 Å². The van der Waals surface area contributed by atoms with Gasteiger partial charge < -0.3 is 14.5 Å². The van der Waals surface area contributed by atoms with Gasteiger partial charge in [-0.25, -0.2) is 4.79 Å². The number of halogens is 2. The lowest BCUT2D eigenvalue weighted by atomic mass is 10.1. The second kappa shape index (κ2) is 6.67. The normalized spacial score (nSPS) is 19.3. The molecule has 1 aliphatic rings. The number of hydrogen-bond acceptors (Lipinski definition) is 3. The van der Waals surface area contributed by atoms with E-state index in [2.05, 4.69) is 20.8 Å². The van der Waals surface area contributed by atoms with Gasteiger partial charge in [0.15, 0.2) is 0 Å². The monoisotopic (exact) mass is 388 g/mol. The molecule has 22 heavy (non-hydrogen) atoms. The van der Waals surface area contributed by atoms with E-state index in [9.17, 15) is 4.79 Å². The fourth-order valence-electron chi connectivity index (χ4n) is 2.51. The van der Waals surface area contributed by atoms with Gasteiger partial charge in [0.2, 0.25) is 0 Å². The summed E-state index contributed by atoms with van der Waals surface area (Å²) in [5.41, 5.74) is 0.531. The molecular formula is C16H22BrClN2O2. The van der Waals surface area contributed by atoms with Crippen molar-refractivity contribution in [3.05, 3.63) is 27.7 Å². The molecule has 4 nitrogen and oxygen atoms in total. The summed E-state index contributed by atoms with van der Waals surface area (Å²) < 4.78 is 6.42. The summed E-state index contributed by atoms with van der Waals surface area (Å²) in [6.45, 7) is 9.78. The predicted octanol–water partition coefficient (Wildman–Crippen LogP) is 4.55. The summed E-state index contributed by atoms with van der Waals surface area (Å²) >= 11 is 9.74. The van der Waals surface area contributed by atoms with Crippen LogP contribution in [0.15, 0.2) is 22.7 Å². The lowest BCUT2D eigenvalue weighted by molar-refractivity contribution is 0.0159. The zero-order valence-electron chi connectivity index (χ0n) is 13.4. The van der Waals surface area contributed by atoms with Crippen molar-refractivity contribution in [3.63, 3.8) is 0 Å². The maximum absolute atomic E-state index is 12.2. The van der Waals surface area contributed by atoms with Crippen LogP contribution < -0.4 is 4.90 Å². The summed E-state index contributed by atoms with van der Waals surface area (Å²) in [4.78, 5) is 16.2. The van der Waals surface area contributed by atoms with Crippen LogP contribution in [0.5, 0.6) is 0 Å². The van der Waals surface area contributed by atoms with E-state index in [0.29, 0.717) is 11.6 Å². The number of hydrogen-bond donors (Lipinski definition) is 0. The molecule has 1 aliphatic heterocycles. The lowest BCUT2D eigenvalue weighted by Crippen LogP contribution is -2.55. The topological polar surface area (TPSA) is 32.8 Å². The van der Waals surface area contributed by atoms with E-state index in [4.69, 9.17) is 16.3 Å². The lowest BCUT2D eigenvalue weighted by Gasteiger charge is -2.41. The molecule has 0 spiro atoms. The molecule has 0 bridgehead atoms. The van der Waals surface area contributed by atoms with Gasteiger partial charge in [0.05, 0.1) is 10.7 Å². The fourth-order valence-corrected chi connectivity index (χ4v) is 3.30. The average Bonchev–Trinajstić information content (AvgIpc) is 2.36. The van der Waals surface area contributed by atoms with Crippen molar-refractivity contribution in [1.29, 1.82) is 0 Å². The Morgan fingerprint density at radius 3 is 2.59 bits per heavy atom. The first-order valence-corrected chi connectivity index (χ1v) is 8.54. The van der Waals surface area contributed by atoms with Gasteiger partial charge in [0.25, 0.3) is 0 Å². The summed E-state index contributed by atoms with van der Waals surface area (Å²) in [6, 6.07) is 5.94. The van der Waals surface area contributed by atoms with Crippen molar-refractivity contribution in [2.75, 3.05) is 24.5 Å². The van der Waals surface area contributed by atoms with Crippen LogP contribution in [0.3, 0.4) is 0 Å². The third-order valence-electron chi connectivity index (χ3n) is 3.51. The third kappa shape index (κ3) is 4.29. The van der Waals surface area contributed by atoms with Gasteiger partial charge in [-0.3, -0.25) is 0 Å². The molecule has 0 N–H and O–H groups in total. The zero-order chi connectivity index (χ0) is 16.5. The molecule has 122 valence electrons. The molecule has 6 heteroatoms. The summed E-state index contributed by atoms with van der Waals surface area (Å²) in [5.74, 6) is 0. The summed E-state index contributed by atoms with van der Waals surface area (Å²) in [5, 5.41) is 0.715. The number of carbonyl (C=O) groups is 1. The van der Waals surface area contributed by atoms with Crippen molar-refractivity contribution in [2.45, 2.75) is 39.3 Å². The minimum absolute atomic E-state index is 0.0725. The molecule has 1 amide bonds. The number of amides is 1. The SMILES string of the molecule is C[C@H]1CN(c2ccc(Br)cc2Cl)CCN1C(=O)OC(C)(C)C. The van der Waals surface area contributed by atoms with Crippen molar-refractivity contribution < 1.29 is 9.53 Å². The highest BCUT2D eigenvalue weighted by Crippen LogP contribution is 2.30. The molecule has 0 aliphatic carbocycles. The molecule has 0 unspecified atom stereocenters. The second-order valence-electron chi connectivity index (χ2n) is 6.56. The van der Waals surface area contributed by atoms with Crippen LogP contribution in [0.1, 0.15) is 27.7 Å². The molecule has 1 fully saturated rings. The number of ether oxygens (including phenoxy) is 1. The van der Waals surface area contributed by atoms with E-state index in [1.807, 2.05) is 45.9 Å². The van der Waals surface area contributed by atoms with Gasteiger partial charge in [0, 0.05) is 30.1 Å². The Balaban J connectivity index is 2.05. The number of carbonyl (C=O) groups excluding carboxylic acids is 1. The molecule has 0 radical (unpaired) electrons. The van der Waals surface area contributed by atoms with Crippen LogP contribution in [0.25, 0.3) is 0 Å². The van der Waals surface area contributed by atoms with Gasteiger partial charge in [0.1, 0.15) is 5.60 Å². The Morgan fingerprint density at radius 2 is 2.05 bits per heavy atom. The Hall–Kier alpha value is -0.940. The largest absolute Gasteiger partial charge is 0.444 e. The van der Waals surface area contributed by atoms with Crippen molar-refractivity contribution >= 4 is 39.3 Å². The number of nitrogens with zero attached hydrogens (tertiary/aromatic N) is 2. The molecule has 1 heterocycles. The van der Waals surface area contributed by atoms with Crippen molar-refractivity contribution in [1.82, 2.24) is 4.90 Å². The highest BCUT2D eigenvalue weighted by molar-refractivity contribution is 9.10. The van der Waals surface area contributed by atoms with Gasteiger partial charge in [-0.1, -0.05) is 27.5 Å². The van der Waals surface area contributed by atoms with E-state index in [0.717, 1.165) is 23.2 Å². The Morgan fingerprint density at radius 1 is 1.36 bits per heavy atom. The van der Waals surface area contributed by atoms with Gasteiger partial charge in [-0.2, -0.15) is 0 Å². The van der Waals surface area contributed by atoms with E-state index in [1.165, 1.54) is 0 Å². The van der Waals surface area contributed by atoms with Crippen LogP contribution in [-0.2, 0) is 4.74 Å². The number of anilines is 1. The molecule has 0 aromatic heterocycles. The first-order valence-electron chi connectivity index (χ1n) is 7.37. The fraction of sp³-hybridized carbons (Fsp3) is 0.562.